The third-order valence-corrected chi connectivity index (χ3v) is 6.06. The first-order valence-electron chi connectivity index (χ1n) is 7.89. The third kappa shape index (κ3) is 3.36. The maximum atomic E-state index is 10.3. The molecule has 0 amide bonds. The van der Waals surface area contributed by atoms with Crippen molar-refractivity contribution in [3.05, 3.63) is 52.0 Å². The van der Waals surface area contributed by atoms with Gasteiger partial charge in [0.15, 0.2) is 0 Å². The minimum Gasteiger partial charge on any atom is -0.507 e. The highest BCUT2D eigenvalue weighted by Gasteiger charge is 2.37. The van der Waals surface area contributed by atoms with Crippen LogP contribution in [0.25, 0.3) is 11.1 Å². The number of halogens is 2. The van der Waals surface area contributed by atoms with E-state index in [-0.39, 0.29) is 16.6 Å². The Balaban J connectivity index is 2.60. The van der Waals surface area contributed by atoms with Gasteiger partial charge < -0.3 is 5.11 Å². The van der Waals surface area contributed by atoms with Crippen LogP contribution in [0.2, 0.25) is 10.0 Å². The van der Waals surface area contributed by atoms with E-state index in [0.717, 1.165) is 17.5 Å². The molecule has 0 spiro atoms. The third-order valence-electron chi connectivity index (χ3n) is 5.52. The summed E-state index contributed by atoms with van der Waals surface area (Å²) in [5.74, 6) is 0.225. The summed E-state index contributed by atoms with van der Waals surface area (Å²) >= 11 is 12.3. The van der Waals surface area contributed by atoms with Gasteiger partial charge in [-0.2, -0.15) is 0 Å². The summed E-state index contributed by atoms with van der Waals surface area (Å²) in [6.45, 7) is 11.2. The maximum Gasteiger partial charge on any atom is 0.123 e. The summed E-state index contributed by atoms with van der Waals surface area (Å²) in [5.41, 5.74) is 2.81. The van der Waals surface area contributed by atoms with E-state index in [9.17, 15) is 5.11 Å². The summed E-state index contributed by atoms with van der Waals surface area (Å²) in [4.78, 5) is 0. The molecule has 3 heteroatoms. The van der Waals surface area contributed by atoms with Gasteiger partial charge in [-0.3, -0.25) is 0 Å². The first-order valence-corrected chi connectivity index (χ1v) is 8.64. The highest BCUT2D eigenvalue weighted by molar-refractivity contribution is 6.36. The Morgan fingerprint density at radius 2 is 1.57 bits per heavy atom. The summed E-state index contributed by atoms with van der Waals surface area (Å²) in [7, 11) is 0. The molecule has 124 valence electrons. The minimum atomic E-state index is -0.0386. The van der Waals surface area contributed by atoms with Crippen LogP contribution in [0, 0.1) is 5.41 Å². The normalized spacial score (nSPS) is 12.5. The van der Waals surface area contributed by atoms with Crippen LogP contribution in [0.15, 0.2) is 36.4 Å². The average molecular weight is 351 g/mol. The lowest BCUT2D eigenvalue weighted by Crippen LogP contribution is -2.36. The molecule has 2 aromatic carbocycles. The van der Waals surface area contributed by atoms with E-state index >= 15 is 0 Å². The molecule has 0 unspecified atom stereocenters. The molecule has 1 N–H and O–H groups in total. The van der Waals surface area contributed by atoms with Gasteiger partial charge in [0.2, 0.25) is 0 Å². The average Bonchev–Trinajstić information content (AvgIpc) is 2.48. The van der Waals surface area contributed by atoms with E-state index in [2.05, 4.69) is 34.6 Å². The van der Waals surface area contributed by atoms with Crippen molar-refractivity contribution in [3.8, 4) is 16.9 Å². The van der Waals surface area contributed by atoms with Crippen LogP contribution in [-0.2, 0) is 5.41 Å². The number of aromatic hydroxyl groups is 1. The molecule has 0 aliphatic carbocycles. The Hall–Kier alpha value is -1.18. The van der Waals surface area contributed by atoms with E-state index in [1.807, 2.05) is 18.2 Å². The molecule has 23 heavy (non-hydrogen) atoms. The Morgan fingerprint density at radius 1 is 0.913 bits per heavy atom. The van der Waals surface area contributed by atoms with Gasteiger partial charge in [0.05, 0.1) is 5.02 Å². The highest BCUT2D eigenvalue weighted by atomic mass is 35.5. The summed E-state index contributed by atoms with van der Waals surface area (Å²) < 4.78 is 0. The molecule has 0 aliphatic heterocycles. The number of hydrogen-bond acceptors (Lipinski definition) is 1. The second kappa shape index (κ2) is 6.37. The van der Waals surface area contributed by atoms with Crippen molar-refractivity contribution in [1.82, 2.24) is 0 Å². The monoisotopic (exact) mass is 350 g/mol. The number of phenols is 1. The van der Waals surface area contributed by atoms with E-state index in [1.54, 1.807) is 18.2 Å². The predicted octanol–water partition coefficient (Wildman–Crippen LogP) is 7.08. The van der Waals surface area contributed by atoms with Gasteiger partial charge in [-0.05, 0) is 40.7 Å². The first-order chi connectivity index (χ1) is 10.6. The van der Waals surface area contributed by atoms with Gasteiger partial charge >= 0.3 is 0 Å². The highest BCUT2D eigenvalue weighted by Crippen LogP contribution is 2.46. The van der Waals surface area contributed by atoms with Gasteiger partial charge in [0, 0.05) is 16.1 Å². The quantitative estimate of drug-likeness (QED) is 0.624. The van der Waals surface area contributed by atoms with Crippen LogP contribution in [0.4, 0.5) is 0 Å². The molecule has 0 saturated carbocycles. The summed E-state index contributed by atoms with van der Waals surface area (Å²) in [6, 6.07) is 11.1. The van der Waals surface area contributed by atoms with Gasteiger partial charge in [-0.1, -0.05) is 76.4 Å². The molecule has 1 nitrogen and oxygen atoms in total. The molecule has 0 saturated heterocycles. The summed E-state index contributed by atoms with van der Waals surface area (Å²) in [6.07, 6.45) is 1.07. The molecule has 0 aliphatic rings. The number of hydrogen-bond donors (Lipinski definition) is 1. The van der Waals surface area contributed by atoms with Crippen molar-refractivity contribution in [1.29, 1.82) is 0 Å². The number of benzene rings is 2. The van der Waals surface area contributed by atoms with Crippen molar-refractivity contribution < 1.29 is 5.11 Å². The molecule has 0 heterocycles. The largest absolute Gasteiger partial charge is 0.507 e. The van der Waals surface area contributed by atoms with E-state index in [4.69, 9.17) is 23.2 Å². The lowest BCUT2D eigenvalue weighted by Gasteiger charge is -2.42. The SMILES string of the molecule is CCC(C)(C)C(C)(C)c1ccc(O)c(-c2ccc(Cl)cc2Cl)c1. The van der Waals surface area contributed by atoms with Crippen molar-refractivity contribution >= 4 is 23.2 Å². The molecule has 2 rings (SSSR count). The molecule has 0 aromatic heterocycles. The fraction of sp³-hybridized carbons (Fsp3) is 0.400. The van der Waals surface area contributed by atoms with Gasteiger partial charge in [-0.25, -0.2) is 0 Å². The van der Waals surface area contributed by atoms with E-state index in [0.29, 0.717) is 10.0 Å². The van der Waals surface area contributed by atoms with Crippen LogP contribution in [0.1, 0.15) is 46.6 Å². The van der Waals surface area contributed by atoms with E-state index in [1.165, 1.54) is 5.56 Å². The molecule has 0 fully saturated rings. The fourth-order valence-corrected chi connectivity index (χ4v) is 3.19. The number of rotatable bonds is 4. The van der Waals surface area contributed by atoms with Crippen molar-refractivity contribution in [2.75, 3.05) is 0 Å². The van der Waals surface area contributed by atoms with E-state index < -0.39 is 0 Å². The number of phenolic OH excluding ortho intramolecular Hbond substituents is 1. The second-order valence-electron chi connectivity index (χ2n) is 7.22. The van der Waals surface area contributed by atoms with Gasteiger partial charge in [0.25, 0.3) is 0 Å². The lowest BCUT2D eigenvalue weighted by molar-refractivity contribution is 0.189. The molecule has 0 bridgehead atoms. The molecule has 0 atom stereocenters. The second-order valence-corrected chi connectivity index (χ2v) is 8.06. The van der Waals surface area contributed by atoms with Gasteiger partial charge in [-0.15, -0.1) is 0 Å². The van der Waals surface area contributed by atoms with Crippen LogP contribution in [0.5, 0.6) is 5.75 Å². The molecule has 2 aromatic rings. The predicted molar refractivity (Wildman–Crippen MR) is 101 cm³/mol. The molecular weight excluding hydrogens is 327 g/mol. The first kappa shape index (κ1) is 18.2. The lowest BCUT2D eigenvalue weighted by atomic mass is 9.63. The van der Waals surface area contributed by atoms with Crippen molar-refractivity contribution in [2.24, 2.45) is 5.41 Å². The Labute approximate surface area is 149 Å². The van der Waals surface area contributed by atoms with Crippen LogP contribution in [-0.4, -0.2) is 5.11 Å². The van der Waals surface area contributed by atoms with Crippen LogP contribution < -0.4 is 0 Å². The van der Waals surface area contributed by atoms with Crippen molar-refractivity contribution in [2.45, 2.75) is 46.5 Å². The zero-order valence-corrected chi connectivity index (χ0v) is 15.9. The van der Waals surface area contributed by atoms with Crippen molar-refractivity contribution in [3.63, 3.8) is 0 Å². The standard InChI is InChI=1S/C20H24Cl2O/c1-6-19(2,3)20(4,5)13-7-10-18(23)16(11-13)15-9-8-14(21)12-17(15)22/h7-12,23H,6H2,1-5H3. The van der Waals surface area contributed by atoms with Crippen LogP contribution >= 0.6 is 23.2 Å². The van der Waals surface area contributed by atoms with Gasteiger partial charge in [0.1, 0.15) is 5.75 Å². The smallest absolute Gasteiger partial charge is 0.123 e. The molecular formula is C20H24Cl2O. The maximum absolute atomic E-state index is 10.3. The zero-order chi connectivity index (χ0) is 17.4. The fourth-order valence-electron chi connectivity index (χ4n) is 2.68. The summed E-state index contributed by atoms with van der Waals surface area (Å²) in [5, 5.41) is 11.4. The Kier molecular flexibility index (Phi) is 5.03. The Morgan fingerprint density at radius 3 is 2.13 bits per heavy atom. The zero-order valence-electron chi connectivity index (χ0n) is 14.4. The molecule has 0 radical (unpaired) electrons. The Bertz CT molecular complexity index is 718. The minimum absolute atomic E-state index is 0.0386. The topological polar surface area (TPSA) is 20.2 Å². The van der Waals surface area contributed by atoms with Crippen LogP contribution in [0.3, 0.4) is 0 Å².